The Morgan fingerprint density at radius 3 is 2.87 bits per heavy atom. The number of amides is 1. The molecule has 1 aromatic rings. The zero-order valence-electron chi connectivity index (χ0n) is 7.90. The van der Waals surface area contributed by atoms with Gasteiger partial charge >= 0.3 is 0 Å². The number of hydrogen-bond donors (Lipinski definition) is 3. The lowest BCUT2D eigenvalue weighted by molar-refractivity contribution is -0.122. The highest BCUT2D eigenvalue weighted by Crippen LogP contribution is 1.73. The number of rotatable bonds is 4. The lowest BCUT2D eigenvalue weighted by Gasteiger charge is -2.04. The standard InChI is InChI=1S/C8H11N3O4/c12-4-3-9-7(14)5-11-8(15)2-1-6(13)10-11/h1-2,12H,3-5H2,(H,9,14)(H,10,13). The van der Waals surface area contributed by atoms with Crippen LogP contribution in [0.2, 0.25) is 0 Å². The summed E-state index contributed by atoms with van der Waals surface area (Å²) < 4.78 is 0.898. The Morgan fingerprint density at radius 2 is 2.20 bits per heavy atom. The minimum absolute atomic E-state index is 0.116. The molecule has 15 heavy (non-hydrogen) atoms. The second-order valence-corrected chi connectivity index (χ2v) is 2.81. The largest absolute Gasteiger partial charge is 0.395 e. The normalized spacial score (nSPS) is 9.93. The second-order valence-electron chi connectivity index (χ2n) is 2.81. The molecular weight excluding hydrogens is 202 g/mol. The fourth-order valence-electron chi connectivity index (χ4n) is 0.975. The fraction of sp³-hybridized carbons (Fsp3) is 0.375. The predicted molar refractivity (Wildman–Crippen MR) is 51.4 cm³/mol. The van der Waals surface area contributed by atoms with Crippen molar-refractivity contribution in [2.24, 2.45) is 0 Å². The molecule has 7 heteroatoms. The van der Waals surface area contributed by atoms with Gasteiger partial charge in [0.2, 0.25) is 5.91 Å². The Labute approximate surface area is 84.3 Å². The first-order valence-corrected chi connectivity index (χ1v) is 4.31. The molecule has 1 rings (SSSR count). The van der Waals surface area contributed by atoms with E-state index in [-0.39, 0.29) is 19.7 Å². The molecule has 7 nitrogen and oxygen atoms in total. The minimum Gasteiger partial charge on any atom is -0.395 e. The maximum Gasteiger partial charge on any atom is 0.265 e. The highest BCUT2D eigenvalue weighted by atomic mass is 16.3. The summed E-state index contributed by atoms with van der Waals surface area (Å²) in [6.07, 6.45) is 0. The third-order valence-corrected chi connectivity index (χ3v) is 1.62. The van der Waals surface area contributed by atoms with E-state index in [1.165, 1.54) is 0 Å². The van der Waals surface area contributed by atoms with Crippen LogP contribution in [0.1, 0.15) is 0 Å². The van der Waals surface area contributed by atoms with Crippen LogP contribution in [0.3, 0.4) is 0 Å². The van der Waals surface area contributed by atoms with Gasteiger partial charge in [0.15, 0.2) is 0 Å². The molecule has 1 amide bonds. The number of carbonyl (C=O) groups is 1. The molecule has 0 radical (unpaired) electrons. The van der Waals surface area contributed by atoms with Crippen molar-refractivity contribution in [2.75, 3.05) is 13.2 Å². The zero-order valence-corrected chi connectivity index (χ0v) is 7.90. The van der Waals surface area contributed by atoms with Gasteiger partial charge in [-0.15, -0.1) is 0 Å². The summed E-state index contributed by atoms with van der Waals surface area (Å²) in [6.45, 7) is -0.328. The van der Waals surface area contributed by atoms with E-state index in [9.17, 15) is 14.4 Å². The van der Waals surface area contributed by atoms with Crippen molar-refractivity contribution in [1.29, 1.82) is 0 Å². The van der Waals surface area contributed by atoms with Crippen LogP contribution < -0.4 is 16.4 Å². The van der Waals surface area contributed by atoms with Gasteiger partial charge in [-0.25, -0.2) is 4.68 Å². The molecule has 0 saturated carbocycles. The summed E-state index contributed by atoms with van der Waals surface area (Å²) in [5, 5.41) is 13.0. The molecule has 0 aliphatic carbocycles. The highest BCUT2D eigenvalue weighted by molar-refractivity contribution is 5.75. The number of nitrogens with one attached hydrogen (secondary N) is 2. The third kappa shape index (κ3) is 3.39. The molecule has 0 saturated heterocycles. The van der Waals surface area contributed by atoms with Gasteiger partial charge in [0.1, 0.15) is 6.54 Å². The molecule has 1 heterocycles. The quantitative estimate of drug-likeness (QED) is 0.520. The Bertz CT molecular complexity index is 448. The van der Waals surface area contributed by atoms with E-state index in [0.29, 0.717) is 0 Å². The number of aliphatic hydroxyl groups is 1. The first-order chi connectivity index (χ1) is 7.13. The van der Waals surface area contributed by atoms with E-state index in [0.717, 1.165) is 16.8 Å². The van der Waals surface area contributed by atoms with Crippen molar-refractivity contribution in [1.82, 2.24) is 15.1 Å². The first-order valence-electron chi connectivity index (χ1n) is 4.31. The van der Waals surface area contributed by atoms with E-state index in [2.05, 4.69) is 10.4 Å². The maximum absolute atomic E-state index is 11.1. The second kappa shape index (κ2) is 5.11. The average Bonchev–Trinajstić information content (AvgIpc) is 2.20. The Kier molecular flexibility index (Phi) is 3.81. The number of nitrogens with zero attached hydrogens (tertiary/aromatic N) is 1. The topological polar surface area (TPSA) is 104 Å². The van der Waals surface area contributed by atoms with Crippen LogP contribution in [0, 0.1) is 0 Å². The van der Waals surface area contributed by atoms with Gasteiger partial charge in [-0.3, -0.25) is 19.5 Å². The SMILES string of the molecule is O=C(Cn1[nH]c(=O)ccc1=O)NCCO. The number of aliphatic hydroxyl groups excluding tert-OH is 1. The molecule has 0 aromatic carbocycles. The van der Waals surface area contributed by atoms with Crippen molar-refractivity contribution in [2.45, 2.75) is 6.54 Å². The number of H-pyrrole nitrogens is 1. The number of carbonyl (C=O) groups excluding carboxylic acids is 1. The number of aromatic amines is 1. The van der Waals surface area contributed by atoms with E-state index in [4.69, 9.17) is 5.11 Å². The van der Waals surface area contributed by atoms with E-state index in [1.54, 1.807) is 0 Å². The van der Waals surface area contributed by atoms with Gasteiger partial charge in [-0.2, -0.15) is 0 Å². The van der Waals surface area contributed by atoms with Gasteiger partial charge in [-0.1, -0.05) is 0 Å². The van der Waals surface area contributed by atoms with Crippen molar-refractivity contribution in [3.05, 3.63) is 32.8 Å². The van der Waals surface area contributed by atoms with Crippen LogP contribution >= 0.6 is 0 Å². The Hall–Kier alpha value is -1.89. The number of hydrogen-bond acceptors (Lipinski definition) is 4. The van der Waals surface area contributed by atoms with Gasteiger partial charge in [0.25, 0.3) is 11.1 Å². The molecular formula is C8H11N3O4. The summed E-state index contributed by atoms with van der Waals surface area (Å²) in [4.78, 5) is 33.1. The molecule has 0 bridgehead atoms. The zero-order chi connectivity index (χ0) is 11.3. The third-order valence-electron chi connectivity index (χ3n) is 1.62. The summed E-state index contributed by atoms with van der Waals surface area (Å²) in [7, 11) is 0. The van der Waals surface area contributed by atoms with Crippen molar-refractivity contribution >= 4 is 5.91 Å². The monoisotopic (exact) mass is 213 g/mol. The molecule has 0 spiro atoms. The maximum atomic E-state index is 11.1. The number of aromatic nitrogens is 2. The first kappa shape index (κ1) is 11.2. The average molecular weight is 213 g/mol. The lowest BCUT2D eigenvalue weighted by Crippen LogP contribution is -2.36. The molecule has 0 fully saturated rings. The van der Waals surface area contributed by atoms with Crippen LogP contribution in [0.4, 0.5) is 0 Å². The molecule has 3 N–H and O–H groups in total. The van der Waals surface area contributed by atoms with Crippen LogP contribution in [0.5, 0.6) is 0 Å². The smallest absolute Gasteiger partial charge is 0.265 e. The minimum atomic E-state index is -0.464. The van der Waals surface area contributed by atoms with Gasteiger partial charge in [0, 0.05) is 18.7 Å². The Morgan fingerprint density at radius 1 is 1.47 bits per heavy atom. The Balaban J connectivity index is 2.72. The molecule has 0 aliphatic rings. The van der Waals surface area contributed by atoms with Crippen LogP contribution in [-0.4, -0.2) is 33.9 Å². The molecule has 0 aliphatic heterocycles. The summed E-state index contributed by atoms with van der Waals surface area (Å²) in [5.74, 6) is -0.451. The van der Waals surface area contributed by atoms with Crippen molar-refractivity contribution in [3.8, 4) is 0 Å². The van der Waals surface area contributed by atoms with Gasteiger partial charge < -0.3 is 10.4 Å². The molecule has 82 valence electrons. The summed E-state index contributed by atoms with van der Waals surface area (Å²) >= 11 is 0. The van der Waals surface area contributed by atoms with E-state index in [1.807, 2.05) is 0 Å². The molecule has 0 unspecified atom stereocenters. The van der Waals surface area contributed by atoms with E-state index < -0.39 is 17.0 Å². The van der Waals surface area contributed by atoms with Crippen LogP contribution in [0.25, 0.3) is 0 Å². The fourth-order valence-corrected chi connectivity index (χ4v) is 0.975. The molecule has 0 atom stereocenters. The van der Waals surface area contributed by atoms with Crippen molar-refractivity contribution in [3.63, 3.8) is 0 Å². The summed E-state index contributed by atoms with van der Waals surface area (Å²) in [5.41, 5.74) is -0.918. The molecule has 1 aromatic heterocycles. The summed E-state index contributed by atoms with van der Waals surface area (Å²) in [6, 6.07) is 2.17. The van der Waals surface area contributed by atoms with Crippen LogP contribution in [-0.2, 0) is 11.3 Å². The van der Waals surface area contributed by atoms with Crippen LogP contribution in [0.15, 0.2) is 21.7 Å². The van der Waals surface area contributed by atoms with Gasteiger partial charge in [-0.05, 0) is 0 Å². The highest BCUT2D eigenvalue weighted by Gasteiger charge is 2.03. The van der Waals surface area contributed by atoms with Gasteiger partial charge in [0.05, 0.1) is 6.61 Å². The van der Waals surface area contributed by atoms with E-state index >= 15 is 0 Å². The van der Waals surface area contributed by atoms with Crippen molar-refractivity contribution < 1.29 is 9.90 Å². The lowest BCUT2D eigenvalue weighted by atomic mass is 10.5. The predicted octanol–water partition coefficient (Wildman–Crippen LogP) is -2.35.